The number of fused-ring (bicyclic) bond motifs is 1. The van der Waals surface area contributed by atoms with Crippen LogP contribution in [-0.4, -0.2) is 41.2 Å². The molecule has 0 spiro atoms. The van der Waals surface area contributed by atoms with Gasteiger partial charge in [-0.2, -0.15) is 4.31 Å². The maximum atomic E-state index is 14.2. The smallest absolute Gasteiger partial charge is 0.253 e. The van der Waals surface area contributed by atoms with E-state index in [4.69, 9.17) is 16.6 Å². The fourth-order valence-corrected chi connectivity index (χ4v) is 8.71. The number of carbonyl (C=O) groups excluding carboxylic acids is 1. The zero-order chi connectivity index (χ0) is 25.4. The zero-order valence-electron chi connectivity index (χ0n) is 19.8. The van der Waals surface area contributed by atoms with Crippen molar-refractivity contribution in [2.45, 2.75) is 49.9 Å². The van der Waals surface area contributed by atoms with Crippen LogP contribution in [-0.2, 0) is 21.4 Å². The summed E-state index contributed by atoms with van der Waals surface area (Å²) < 4.78 is 30.0. The highest BCUT2D eigenvalue weighted by molar-refractivity contribution is 7.91. The summed E-state index contributed by atoms with van der Waals surface area (Å²) in [7, 11) is -3.87. The van der Waals surface area contributed by atoms with Gasteiger partial charge in [-0.1, -0.05) is 41.5 Å². The molecule has 1 aliphatic heterocycles. The monoisotopic (exact) mass is 560 g/mol. The van der Waals surface area contributed by atoms with Crippen LogP contribution in [0.1, 0.15) is 36.0 Å². The number of hydrogen-bond acceptors (Lipinski definition) is 7. The number of pyridine rings is 1. The van der Waals surface area contributed by atoms with E-state index in [0.29, 0.717) is 22.3 Å². The topological polar surface area (TPSA) is 83.5 Å². The van der Waals surface area contributed by atoms with Gasteiger partial charge in [0.25, 0.3) is 10.0 Å². The molecule has 1 atom stereocenters. The van der Waals surface area contributed by atoms with Crippen molar-refractivity contribution in [2.24, 2.45) is 0 Å². The van der Waals surface area contributed by atoms with Crippen molar-refractivity contribution in [2.75, 3.05) is 11.4 Å². The van der Waals surface area contributed by atoms with Crippen molar-refractivity contribution in [3.05, 3.63) is 69.8 Å². The second-order valence-electron chi connectivity index (χ2n) is 8.82. The molecule has 11 heteroatoms. The molecule has 1 amide bonds. The number of hydrogen-bond donors (Lipinski definition) is 0. The molecule has 3 aromatic heterocycles. The molecular formula is C25H25ClN4O3S3. The number of benzene rings is 1. The first-order valence-electron chi connectivity index (χ1n) is 11.6. The number of piperidine rings is 1. The number of halogens is 1. The van der Waals surface area contributed by atoms with Crippen LogP contribution in [0.4, 0.5) is 5.13 Å². The molecule has 4 heterocycles. The van der Waals surface area contributed by atoms with Crippen molar-refractivity contribution < 1.29 is 13.2 Å². The Morgan fingerprint density at radius 2 is 2.00 bits per heavy atom. The van der Waals surface area contributed by atoms with Crippen molar-refractivity contribution in [3.8, 4) is 0 Å². The summed E-state index contributed by atoms with van der Waals surface area (Å²) in [6, 6.07) is 10.0. The summed E-state index contributed by atoms with van der Waals surface area (Å²) in [6.45, 7) is 4.59. The van der Waals surface area contributed by atoms with Crippen molar-refractivity contribution in [1.29, 1.82) is 0 Å². The van der Waals surface area contributed by atoms with Crippen LogP contribution in [0.5, 0.6) is 0 Å². The van der Waals surface area contributed by atoms with Crippen LogP contribution in [0.25, 0.3) is 10.2 Å². The lowest BCUT2D eigenvalue weighted by molar-refractivity contribution is -0.123. The van der Waals surface area contributed by atoms with Gasteiger partial charge in [0.2, 0.25) is 5.91 Å². The molecule has 0 N–H and O–H groups in total. The summed E-state index contributed by atoms with van der Waals surface area (Å²) in [4.78, 5) is 24.8. The van der Waals surface area contributed by atoms with E-state index in [1.165, 1.54) is 21.7 Å². The highest BCUT2D eigenvalue weighted by atomic mass is 35.5. The lowest BCUT2D eigenvalue weighted by Crippen LogP contribution is -2.52. The van der Waals surface area contributed by atoms with Gasteiger partial charge in [0.1, 0.15) is 10.3 Å². The minimum Gasteiger partial charge on any atom is -0.282 e. The third-order valence-electron chi connectivity index (χ3n) is 6.48. The van der Waals surface area contributed by atoms with E-state index in [9.17, 15) is 13.2 Å². The molecule has 0 radical (unpaired) electrons. The number of anilines is 1. The number of aryl methyl sites for hydroxylation is 2. The number of carbonyl (C=O) groups is 1. The van der Waals surface area contributed by atoms with E-state index in [0.717, 1.165) is 44.7 Å². The minimum atomic E-state index is -3.87. The number of sulfonamides is 1. The molecule has 4 aromatic rings. The molecule has 36 heavy (non-hydrogen) atoms. The van der Waals surface area contributed by atoms with E-state index in [-0.39, 0.29) is 23.2 Å². The normalized spacial score (nSPS) is 16.9. The van der Waals surface area contributed by atoms with E-state index >= 15 is 0 Å². The maximum absolute atomic E-state index is 14.2. The Morgan fingerprint density at radius 3 is 2.72 bits per heavy atom. The Morgan fingerprint density at radius 1 is 1.17 bits per heavy atom. The number of thiophene rings is 1. The van der Waals surface area contributed by atoms with Gasteiger partial charge >= 0.3 is 0 Å². The van der Waals surface area contributed by atoms with Crippen molar-refractivity contribution in [1.82, 2.24) is 14.3 Å². The predicted molar refractivity (Wildman–Crippen MR) is 145 cm³/mol. The van der Waals surface area contributed by atoms with E-state index in [1.54, 1.807) is 23.4 Å². The lowest BCUT2D eigenvalue weighted by Gasteiger charge is -2.35. The summed E-state index contributed by atoms with van der Waals surface area (Å²) in [5, 5.41) is 0.551. The Hall–Kier alpha value is -2.37. The predicted octanol–water partition coefficient (Wildman–Crippen LogP) is 5.80. The van der Waals surface area contributed by atoms with Gasteiger partial charge in [0, 0.05) is 18.9 Å². The summed E-state index contributed by atoms with van der Waals surface area (Å²) in [6.07, 6.45) is 5.31. The summed E-state index contributed by atoms with van der Waals surface area (Å²) >= 11 is 8.48. The molecular weight excluding hydrogens is 536 g/mol. The average Bonchev–Trinajstić information content (AvgIpc) is 3.52. The van der Waals surface area contributed by atoms with E-state index < -0.39 is 16.1 Å². The molecule has 188 valence electrons. The average molecular weight is 561 g/mol. The van der Waals surface area contributed by atoms with Crippen LogP contribution in [0.3, 0.4) is 0 Å². The number of nitrogens with zero attached hydrogens (tertiary/aromatic N) is 4. The Labute approximate surface area is 223 Å². The molecule has 1 unspecified atom stereocenters. The maximum Gasteiger partial charge on any atom is 0.253 e. The third-order valence-corrected chi connectivity index (χ3v) is 11.1. The fourth-order valence-electron chi connectivity index (χ4n) is 4.42. The highest BCUT2D eigenvalue weighted by Gasteiger charge is 2.41. The second kappa shape index (κ2) is 10.2. The molecule has 0 bridgehead atoms. The first-order valence-corrected chi connectivity index (χ1v) is 15.0. The third kappa shape index (κ3) is 4.80. The molecule has 1 saturated heterocycles. The van der Waals surface area contributed by atoms with Gasteiger partial charge in [-0.3, -0.25) is 14.7 Å². The quantitative estimate of drug-likeness (QED) is 0.297. The van der Waals surface area contributed by atoms with Gasteiger partial charge < -0.3 is 0 Å². The van der Waals surface area contributed by atoms with Gasteiger partial charge in [0.15, 0.2) is 5.13 Å². The summed E-state index contributed by atoms with van der Waals surface area (Å²) in [5.74, 6) is -0.279. The van der Waals surface area contributed by atoms with Gasteiger partial charge in [-0.05, 0) is 67.6 Å². The fraction of sp³-hybridized carbons (Fsp3) is 0.320. The summed E-state index contributed by atoms with van der Waals surface area (Å²) in [5.41, 5.74) is 3.90. The van der Waals surface area contributed by atoms with E-state index in [2.05, 4.69) is 11.1 Å². The molecule has 1 fully saturated rings. The molecule has 7 nitrogen and oxygen atoms in total. The van der Waals surface area contributed by atoms with Crippen LogP contribution in [0.2, 0.25) is 4.34 Å². The highest BCUT2D eigenvalue weighted by Crippen LogP contribution is 2.36. The zero-order valence-corrected chi connectivity index (χ0v) is 23.1. The van der Waals surface area contributed by atoms with Gasteiger partial charge in [-0.15, -0.1) is 11.3 Å². The standard InChI is InChI=1S/C25H25ClN4O3S3/c1-16-8-9-20-23(17(16)2)28-25(34-20)29(15-18-6-5-12-27-14-18)24(31)19-7-3-4-13-30(19)36(32,33)22-11-10-21(26)35-22/h5-6,8-12,14,19H,3-4,7,13,15H2,1-2H3. The van der Waals surface area contributed by atoms with Gasteiger partial charge in [-0.25, -0.2) is 13.4 Å². The number of rotatable bonds is 6. The Bertz CT molecular complexity index is 1520. The van der Waals surface area contributed by atoms with Crippen LogP contribution < -0.4 is 4.90 Å². The minimum absolute atomic E-state index is 0.150. The lowest BCUT2D eigenvalue weighted by atomic mass is 10.0. The van der Waals surface area contributed by atoms with Crippen molar-refractivity contribution >= 4 is 65.6 Å². The Kier molecular flexibility index (Phi) is 7.15. The van der Waals surface area contributed by atoms with E-state index in [1.807, 2.05) is 32.0 Å². The van der Waals surface area contributed by atoms with Crippen LogP contribution in [0, 0.1) is 13.8 Å². The first-order chi connectivity index (χ1) is 17.3. The largest absolute Gasteiger partial charge is 0.282 e. The molecule has 5 rings (SSSR count). The number of aromatic nitrogens is 2. The molecule has 1 aliphatic rings. The molecule has 1 aromatic carbocycles. The van der Waals surface area contributed by atoms with Crippen LogP contribution >= 0.6 is 34.3 Å². The molecule has 0 aliphatic carbocycles. The Balaban J connectivity index is 1.56. The molecule has 0 saturated carbocycles. The van der Waals surface area contributed by atoms with Crippen molar-refractivity contribution in [3.63, 3.8) is 0 Å². The van der Waals surface area contributed by atoms with Gasteiger partial charge in [0.05, 0.1) is 21.1 Å². The number of thiazole rings is 1. The second-order valence-corrected chi connectivity index (χ2v) is 13.7. The number of amides is 1. The van der Waals surface area contributed by atoms with Crippen LogP contribution in [0.15, 0.2) is 53.0 Å². The SMILES string of the molecule is Cc1ccc2sc(N(Cc3cccnc3)C(=O)C3CCCCN3S(=O)(=O)c3ccc(Cl)s3)nc2c1C. The first kappa shape index (κ1) is 25.3.